The minimum atomic E-state index is -1.09. The van der Waals surface area contributed by atoms with Crippen LogP contribution in [0, 0.1) is 5.82 Å². The minimum absolute atomic E-state index is 0.0221. The van der Waals surface area contributed by atoms with Gasteiger partial charge in [0.1, 0.15) is 11.3 Å². The Bertz CT molecular complexity index is 1220. The van der Waals surface area contributed by atoms with Crippen LogP contribution < -0.4 is 5.32 Å². The van der Waals surface area contributed by atoms with E-state index in [4.69, 9.17) is 9.15 Å². The van der Waals surface area contributed by atoms with Crippen LogP contribution in [0.3, 0.4) is 0 Å². The fraction of sp³-hybridized carbons (Fsp3) is 0.125. The Morgan fingerprint density at radius 3 is 2.52 bits per heavy atom. The lowest BCUT2D eigenvalue weighted by molar-refractivity contribution is -0.124. The third-order valence-corrected chi connectivity index (χ3v) is 4.72. The van der Waals surface area contributed by atoms with E-state index in [1.54, 1.807) is 43.3 Å². The number of nitrogens with zero attached hydrogens (tertiary/aromatic N) is 1. The van der Waals surface area contributed by atoms with Gasteiger partial charge in [0.25, 0.3) is 5.91 Å². The zero-order chi connectivity index (χ0) is 21.8. The third-order valence-electron chi connectivity index (χ3n) is 4.72. The highest BCUT2D eigenvalue weighted by Crippen LogP contribution is 2.28. The van der Waals surface area contributed by atoms with E-state index in [1.807, 2.05) is 18.2 Å². The summed E-state index contributed by atoms with van der Waals surface area (Å²) in [6.45, 7) is 1.70. The lowest BCUT2D eigenvalue weighted by atomic mass is 10.1. The normalized spacial score (nSPS) is 11.8. The average molecular weight is 418 g/mol. The van der Waals surface area contributed by atoms with Crippen LogP contribution >= 0.6 is 0 Å². The summed E-state index contributed by atoms with van der Waals surface area (Å²) in [5.41, 5.74) is 1.95. The predicted molar refractivity (Wildman–Crippen MR) is 114 cm³/mol. The molecule has 0 aliphatic heterocycles. The Morgan fingerprint density at radius 1 is 1.03 bits per heavy atom. The highest BCUT2D eigenvalue weighted by atomic mass is 19.1. The van der Waals surface area contributed by atoms with Crippen molar-refractivity contribution in [3.63, 3.8) is 0 Å². The van der Waals surface area contributed by atoms with E-state index in [-0.39, 0.29) is 23.6 Å². The first-order chi connectivity index (χ1) is 15.1. The maximum absolute atomic E-state index is 13.8. The molecule has 0 spiro atoms. The summed E-state index contributed by atoms with van der Waals surface area (Å²) in [7, 11) is 0. The van der Waals surface area contributed by atoms with E-state index in [0.717, 1.165) is 0 Å². The van der Waals surface area contributed by atoms with Crippen LogP contribution in [0.15, 0.2) is 77.2 Å². The molecule has 0 fully saturated rings. The second-order valence-corrected chi connectivity index (χ2v) is 6.80. The van der Waals surface area contributed by atoms with Gasteiger partial charge in [-0.15, -0.1) is 0 Å². The summed E-state index contributed by atoms with van der Waals surface area (Å²) < 4.78 is 25.1. The number of ether oxygens (including phenoxy) is 1. The van der Waals surface area contributed by atoms with Gasteiger partial charge in [0.15, 0.2) is 11.7 Å². The van der Waals surface area contributed by atoms with Crippen molar-refractivity contribution in [2.24, 2.45) is 0 Å². The van der Waals surface area contributed by atoms with Crippen molar-refractivity contribution in [1.29, 1.82) is 0 Å². The number of aromatic nitrogens is 1. The Labute approximate surface area is 177 Å². The molecule has 1 heterocycles. The number of oxazole rings is 1. The van der Waals surface area contributed by atoms with Gasteiger partial charge in [-0.25, -0.2) is 14.2 Å². The van der Waals surface area contributed by atoms with Gasteiger partial charge < -0.3 is 14.5 Å². The number of hydrogen-bond donors (Lipinski definition) is 1. The van der Waals surface area contributed by atoms with Crippen molar-refractivity contribution in [3.05, 3.63) is 84.2 Å². The topological polar surface area (TPSA) is 81.4 Å². The van der Waals surface area contributed by atoms with Gasteiger partial charge in [0, 0.05) is 0 Å². The molecule has 1 unspecified atom stereocenters. The Balaban J connectivity index is 1.56. The number of halogens is 1. The summed E-state index contributed by atoms with van der Waals surface area (Å²) in [6.07, 6.45) is -0.874. The first-order valence-corrected chi connectivity index (χ1v) is 9.78. The molecule has 0 saturated carbocycles. The Hall–Kier alpha value is -4.00. The number of esters is 1. The van der Waals surface area contributed by atoms with Crippen LogP contribution in [0.25, 0.3) is 22.6 Å². The van der Waals surface area contributed by atoms with Gasteiger partial charge in [0.05, 0.1) is 16.8 Å². The summed E-state index contributed by atoms with van der Waals surface area (Å²) in [6, 6.07) is 19.8. The van der Waals surface area contributed by atoms with Crippen LogP contribution in [0.2, 0.25) is 0 Å². The molecule has 1 amide bonds. The molecule has 156 valence electrons. The first kappa shape index (κ1) is 20.3. The molecule has 4 rings (SSSR count). The summed E-state index contributed by atoms with van der Waals surface area (Å²) in [5.74, 6) is -1.61. The van der Waals surface area contributed by atoms with Gasteiger partial charge in [-0.05, 0) is 42.8 Å². The molecular formula is C24H19FN2O4. The van der Waals surface area contributed by atoms with E-state index in [0.29, 0.717) is 16.7 Å². The molecule has 6 nitrogen and oxygen atoms in total. The molecule has 7 heteroatoms. The van der Waals surface area contributed by atoms with Crippen LogP contribution in [0.4, 0.5) is 10.1 Å². The largest absolute Gasteiger partial charge is 0.449 e. The molecule has 0 radical (unpaired) electrons. The van der Waals surface area contributed by atoms with Crippen molar-refractivity contribution in [1.82, 2.24) is 4.98 Å². The predicted octanol–water partition coefficient (Wildman–Crippen LogP) is 5.21. The smallest absolute Gasteiger partial charge is 0.339 e. The fourth-order valence-corrected chi connectivity index (χ4v) is 3.13. The van der Waals surface area contributed by atoms with Crippen molar-refractivity contribution >= 4 is 28.7 Å². The molecule has 3 aromatic carbocycles. The third kappa shape index (κ3) is 4.30. The van der Waals surface area contributed by atoms with Crippen molar-refractivity contribution < 1.29 is 23.1 Å². The number of para-hydroxylation sites is 3. The molecule has 1 atom stereocenters. The van der Waals surface area contributed by atoms with Gasteiger partial charge in [0.2, 0.25) is 5.89 Å². The Kier molecular flexibility index (Phi) is 5.75. The summed E-state index contributed by atoms with van der Waals surface area (Å²) >= 11 is 0. The molecule has 0 bridgehead atoms. The van der Waals surface area contributed by atoms with Gasteiger partial charge in [-0.1, -0.05) is 43.3 Å². The zero-order valence-electron chi connectivity index (χ0n) is 16.7. The highest BCUT2D eigenvalue weighted by molar-refractivity contribution is 6.00. The number of rotatable bonds is 6. The first-order valence-electron chi connectivity index (χ1n) is 9.78. The van der Waals surface area contributed by atoms with Crippen LogP contribution in [-0.4, -0.2) is 23.0 Å². The van der Waals surface area contributed by atoms with E-state index >= 15 is 0 Å². The Morgan fingerprint density at radius 2 is 1.74 bits per heavy atom. The van der Waals surface area contributed by atoms with Crippen molar-refractivity contribution in [3.8, 4) is 11.5 Å². The second-order valence-electron chi connectivity index (χ2n) is 6.80. The monoisotopic (exact) mass is 418 g/mol. The van der Waals surface area contributed by atoms with E-state index in [9.17, 15) is 14.0 Å². The van der Waals surface area contributed by atoms with E-state index in [2.05, 4.69) is 10.3 Å². The van der Waals surface area contributed by atoms with E-state index < -0.39 is 23.8 Å². The molecule has 0 saturated heterocycles. The molecular weight excluding hydrogens is 399 g/mol. The lowest BCUT2D eigenvalue weighted by Gasteiger charge is -2.17. The van der Waals surface area contributed by atoms with Crippen molar-refractivity contribution in [2.45, 2.75) is 19.4 Å². The summed E-state index contributed by atoms with van der Waals surface area (Å²) in [4.78, 5) is 29.9. The SMILES string of the molecule is CCC(OC(=O)c1ccccc1-c1nc2ccccc2o1)C(=O)Nc1ccccc1F. The maximum atomic E-state index is 13.8. The van der Waals surface area contributed by atoms with Crippen LogP contribution in [0.5, 0.6) is 0 Å². The van der Waals surface area contributed by atoms with Gasteiger partial charge in [-0.3, -0.25) is 4.79 Å². The van der Waals surface area contributed by atoms with E-state index in [1.165, 1.54) is 18.2 Å². The quantitative estimate of drug-likeness (QED) is 0.435. The summed E-state index contributed by atoms with van der Waals surface area (Å²) in [5, 5.41) is 2.46. The number of carbonyl (C=O) groups is 2. The zero-order valence-corrected chi connectivity index (χ0v) is 16.7. The van der Waals surface area contributed by atoms with Gasteiger partial charge in [-0.2, -0.15) is 0 Å². The molecule has 1 N–H and O–H groups in total. The van der Waals surface area contributed by atoms with Crippen LogP contribution in [0.1, 0.15) is 23.7 Å². The molecule has 0 aliphatic rings. The highest BCUT2D eigenvalue weighted by Gasteiger charge is 2.25. The average Bonchev–Trinajstić information content (AvgIpc) is 3.23. The fourth-order valence-electron chi connectivity index (χ4n) is 3.13. The van der Waals surface area contributed by atoms with Crippen LogP contribution in [-0.2, 0) is 9.53 Å². The standard InChI is InChI=1S/C24H19FN2O4/c1-2-20(22(28)26-18-12-6-5-11-17(18)25)31-24(29)16-10-4-3-9-15(16)23-27-19-13-7-8-14-21(19)30-23/h3-14,20H,2H2,1H3,(H,26,28). The number of carbonyl (C=O) groups excluding carboxylic acids is 2. The molecule has 4 aromatic rings. The number of amides is 1. The van der Waals surface area contributed by atoms with Gasteiger partial charge >= 0.3 is 5.97 Å². The number of anilines is 1. The molecule has 31 heavy (non-hydrogen) atoms. The molecule has 0 aliphatic carbocycles. The molecule has 1 aromatic heterocycles. The number of hydrogen-bond acceptors (Lipinski definition) is 5. The number of nitrogens with one attached hydrogen (secondary N) is 1. The minimum Gasteiger partial charge on any atom is -0.449 e. The maximum Gasteiger partial charge on any atom is 0.339 e. The lowest BCUT2D eigenvalue weighted by Crippen LogP contribution is -2.32. The number of fused-ring (bicyclic) bond motifs is 1. The second kappa shape index (κ2) is 8.79. The number of benzene rings is 3. The van der Waals surface area contributed by atoms with Crippen molar-refractivity contribution in [2.75, 3.05) is 5.32 Å².